The van der Waals surface area contributed by atoms with Gasteiger partial charge in [0.25, 0.3) is 0 Å². The normalized spacial score (nSPS) is 12.2. The highest BCUT2D eigenvalue weighted by Crippen LogP contribution is 2.34. The Bertz CT molecular complexity index is 933. The quantitative estimate of drug-likeness (QED) is 0.699. The molecule has 0 bridgehead atoms. The summed E-state index contributed by atoms with van der Waals surface area (Å²) in [6, 6.07) is 10.4. The fourth-order valence-corrected chi connectivity index (χ4v) is 4.33. The van der Waals surface area contributed by atoms with Gasteiger partial charge in [-0.05, 0) is 30.3 Å². The summed E-state index contributed by atoms with van der Waals surface area (Å²) >= 11 is 3.18. The number of hydrogen-bond donors (Lipinski definition) is 1. The molecule has 0 fully saturated rings. The topological polar surface area (TPSA) is 66.5 Å². The second-order valence-electron chi connectivity index (χ2n) is 5.48. The Morgan fingerprint density at radius 3 is 2.41 bits per heavy atom. The van der Waals surface area contributed by atoms with Crippen molar-refractivity contribution < 1.29 is 26.4 Å². The van der Waals surface area contributed by atoms with Gasteiger partial charge in [-0.25, -0.2) is 8.42 Å². The van der Waals surface area contributed by atoms with Crippen molar-refractivity contribution in [3.05, 3.63) is 58.6 Å². The van der Waals surface area contributed by atoms with Gasteiger partial charge in [0.1, 0.15) is 0 Å². The highest BCUT2D eigenvalue weighted by atomic mass is 79.9. The maximum atomic E-state index is 13.0. The lowest BCUT2D eigenvalue weighted by atomic mass is 10.1. The van der Waals surface area contributed by atoms with Crippen molar-refractivity contribution >= 4 is 37.5 Å². The molecule has 0 aliphatic heterocycles. The van der Waals surface area contributed by atoms with E-state index in [0.717, 1.165) is 16.4 Å². The van der Waals surface area contributed by atoms with Gasteiger partial charge < -0.3 is 5.32 Å². The first-order valence-electron chi connectivity index (χ1n) is 7.77. The van der Waals surface area contributed by atoms with Gasteiger partial charge in [-0.3, -0.25) is 4.79 Å². The molecule has 0 saturated heterocycles. The lowest BCUT2D eigenvalue weighted by Crippen LogP contribution is -2.38. The molecule has 5 nitrogen and oxygen atoms in total. The van der Waals surface area contributed by atoms with Crippen molar-refractivity contribution in [1.82, 2.24) is 4.31 Å². The molecule has 1 N–H and O–H groups in total. The van der Waals surface area contributed by atoms with Crippen LogP contribution < -0.4 is 5.32 Å². The summed E-state index contributed by atoms with van der Waals surface area (Å²) in [7, 11) is -3.98. The number of benzene rings is 2. The number of rotatable bonds is 6. The van der Waals surface area contributed by atoms with Crippen molar-refractivity contribution in [2.75, 3.05) is 18.4 Å². The molecule has 0 aliphatic carbocycles. The molecule has 0 radical (unpaired) electrons. The average molecular weight is 465 g/mol. The van der Waals surface area contributed by atoms with E-state index < -0.39 is 39.9 Å². The van der Waals surface area contributed by atoms with Crippen LogP contribution in [0.2, 0.25) is 0 Å². The summed E-state index contributed by atoms with van der Waals surface area (Å²) in [4.78, 5) is 12.2. The average Bonchev–Trinajstić information content (AvgIpc) is 2.59. The molecule has 0 aromatic heterocycles. The Balaban J connectivity index is 2.21. The van der Waals surface area contributed by atoms with Crippen LogP contribution in [-0.2, 0) is 21.0 Å². The molecule has 146 valence electrons. The monoisotopic (exact) mass is 464 g/mol. The number of nitrogens with zero attached hydrogens (tertiary/aromatic N) is 1. The number of hydrogen-bond acceptors (Lipinski definition) is 3. The Kier molecular flexibility index (Phi) is 6.66. The number of carbonyl (C=O) groups is 1. The third kappa shape index (κ3) is 5.30. The molecule has 2 aromatic rings. The molecule has 0 unspecified atom stereocenters. The fourth-order valence-electron chi connectivity index (χ4n) is 2.33. The number of para-hydroxylation sites is 1. The van der Waals surface area contributed by atoms with Crippen LogP contribution in [0.25, 0.3) is 0 Å². The maximum Gasteiger partial charge on any atom is 0.418 e. The summed E-state index contributed by atoms with van der Waals surface area (Å²) in [5, 5.41) is 2.14. The van der Waals surface area contributed by atoms with Crippen LogP contribution in [0, 0.1) is 0 Å². The van der Waals surface area contributed by atoms with E-state index in [0.29, 0.717) is 4.47 Å². The number of sulfonamides is 1. The molecule has 1 amide bonds. The van der Waals surface area contributed by atoms with Crippen LogP contribution in [0.3, 0.4) is 0 Å². The molecule has 0 saturated carbocycles. The van der Waals surface area contributed by atoms with Gasteiger partial charge in [0, 0.05) is 11.0 Å². The summed E-state index contributed by atoms with van der Waals surface area (Å²) in [6.45, 7) is 0.896. The molecule has 0 atom stereocenters. The molecular formula is C17H16BrF3N2O3S. The minimum Gasteiger partial charge on any atom is -0.324 e. The van der Waals surface area contributed by atoms with E-state index in [4.69, 9.17) is 0 Å². The highest BCUT2D eigenvalue weighted by Gasteiger charge is 2.34. The molecule has 0 aliphatic rings. The third-order valence-electron chi connectivity index (χ3n) is 3.61. The van der Waals surface area contributed by atoms with Crippen LogP contribution >= 0.6 is 15.9 Å². The second kappa shape index (κ2) is 8.41. The largest absolute Gasteiger partial charge is 0.418 e. The van der Waals surface area contributed by atoms with Gasteiger partial charge in [0.15, 0.2) is 0 Å². The zero-order chi connectivity index (χ0) is 20.2. The van der Waals surface area contributed by atoms with Crippen LogP contribution in [-0.4, -0.2) is 31.7 Å². The van der Waals surface area contributed by atoms with Crippen molar-refractivity contribution in [3.63, 3.8) is 0 Å². The van der Waals surface area contributed by atoms with E-state index in [-0.39, 0.29) is 11.4 Å². The van der Waals surface area contributed by atoms with E-state index in [2.05, 4.69) is 21.2 Å². The third-order valence-corrected chi connectivity index (χ3v) is 6.02. The van der Waals surface area contributed by atoms with Gasteiger partial charge >= 0.3 is 6.18 Å². The molecule has 0 spiro atoms. The number of anilines is 1. The van der Waals surface area contributed by atoms with Gasteiger partial charge in [-0.15, -0.1) is 0 Å². The number of alkyl halides is 3. The summed E-state index contributed by atoms with van der Waals surface area (Å²) in [5.74, 6) is -0.868. The van der Waals surface area contributed by atoms with E-state index >= 15 is 0 Å². The highest BCUT2D eigenvalue weighted by molar-refractivity contribution is 9.10. The van der Waals surface area contributed by atoms with Gasteiger partial charge in [0.05, 0.1) is 22.7 Å². The number of likely N-dealkylation sites (N-methyl/N-ethyl adjacent to an activating group) is 1. The van der Waals surface area contributed by atoms with Crippen LogP contribution in [0.15, 0.2) is 57.9 Å². The first-order chi connectivity index (χ1) is 12.6. The lowest BCUT2D eigenvalue weighted by Gasteiger charge is -2.21. The van der Waals surface area contributed by atoms with Crippen molar-refractivity contribution in [2.45, 2.75) is 18.0 Å². The summed E-state index contributed by atoms with van der Waals surface area (Å²) < 4.78 is 65.8. The fraction of sp³-hybridized carbons (Fsp3) is 0.235. The SMILES string of the molecule is CCN(CC(=O)Nc1ccccc1C(F)(F)F)S(=O)(=O)c1cccc(Br)c1. The Hall–Kier alpha value is -1.91. The maximum absolute atomic E-state index is 13.0. The first-order valence-corrected chi connectivity index (χ1v) is 10.0. The molecule has 27 heavy (non-hydrogen) atoms. The summed E-state index contributed by atoms with van der Waals surface area (Å²) in [5.41, 5.74) is -1.43. The lowest BCUT2D eigenvalue weighted by molar-refractivity contribution is -0.137. The minimum atomic E-state index is -4.64. The molecule has 2 aromatic carbocycles. The van der Waals surface area contributed by atoms with Crippen molar-refractivity contribution in [2.24, 2.45) is 0 Å². The van der Waals surface area contributed by atoms with Crippen LogP contribution in [0.5, 0.6) is 0 Å². The van der Waals surface area contributed by atoms with Crippen molar-refractivity contribution in [1.29, 1.82) is 0 Å². The molecule has 2 rings (SSSR count). The zero-order valence-corrected chi connectivity index (χ0v) is 16.5. The molecule has 0 heterocycles. The Morgan fingerprint density at radius 2 is 1.81 bits per heavy atom. The predicted molar refractivity (Wildman–Crippen MR) is 98.6 cm³/mol. The first kappa shape index (κ1) is 21.4. The van der Waals surface area contributed by atoms with Crippen LogP contribution in [0.4, 0.5) is 18.9 Å². The van der Waals surface area contributed by atoms with Crippen LogP contribution in [0.1, 0.15) is 12.5 Å². The van der Waals surface area contributed by atoms with E-state index in [1.807, 2.05) is 0 Å². The summed E-state index contributed by atoms with van der Waals surface area (Å²) in [6.07, 6.45) is -4.64. The van der Waals surface area contributed by atoms with Crippen molar-refractivity contribution in [3.8, 4) is 0 Å². The predicted octanol–water partition coefficient (Wildman–Crippen LogP) is 4.12. The van der Waals surface area contributed by atoms with Gasteiger partial charge in [-0.1, -0.05) is 41.1 Å². The smallest absolute Gasteiger partial charge is 0.324 e. The van der Waals surface area contributed by atoms with E-state index in [1.165, 1.54) is 37.3 Å². The Morgan fingerprint density at radius 1 is 1.15 bits per heavy atom. The number of amides is 1. The molecular weight excluding hydrogens is 449 g/mol. The van der Waals surface area contributed by atoms with E-state index in [9.17, 15) is 26.4 Å². The number of nitrogens with one attached hydrogen (secondary N) is 1. The van der Waals surface area contributed by atoms with E-state index in [1.54, 1.807) is 6.07 Å². The number of halogens is 4. The van der Waals surface area contributed by atoms with Gasteiger partial charge in [-0.2, -0.15) is 17.5 Å². The molecule has 10 heteroatoms. The van der Waals surface area contributed by atoms with Gasteiger partial charge in [0.2, 0.25) is 15.9 Å². The zero-order valence-electron chi connectivity index (χ0n) is 14.1. The number of carbonyl (C=O) groups excluding carboxylic acids is 1. The minimum absolute atomic E-state index is 0.0246. The standard InChI is InChI=1S/C17H16BrF3N2O3S/c1-2-23(27(25,26)13-7-5-6-12(18)10-13)11-16(24)22-15-9-4-3-8-14(15)17(19,20)21/h3-10H,2,11H2,1H3,(H,22,24). The Labute approximate surface area is 163 Å². The second-order valence-corrected chi connectivity index (χ2v) is 8.33.